The maximum absolute atomic E-state index is 13.2. The standard InChI is InChI=1S/C94H184O17P2/c1-8-11-12-13-14-15-16-17-18-19-26-32-37-42-47-56-63-70-78-94(99)111-90(82-105-92(97)76-69-62-55-50-49-53-60-67-74-87(7)10-3)84-109-113(102,103)107-80-88(95)79-106-112(100,101)108-83-89(81-104-91(96)75-68-61-54-46-41-36-31-27-22-20-24-29-34-39-44-51-58-65-72-85(4)5)110-93(98)77-71-64-57-48-43-38-33-28-23-21-25-30-35-40-45-52-59-66-73-86(6)9-2/h85-90,95H,8-84H2,1-7H3,(H,100,101)(H,102,103)/t86?,87?,88-,89-,90-/m1/s1. The summed E-state index contributed by atoms with van der Waals surface area (Å²) in [7, 11) is -9.94. The molecule has 0 rings (SSSR count). The third-order valence-electron chi connectivity index (χ3n) is 22.9. The maximum atomic E-state index is 13.2. The van der Waals surface area contributed by atoms with Crippen LogP contribution in [0.5, 0.6) is 0 Å². The lowest BCUT2D eigenvalue weighted by atomic mass is 9.99. The van der Waals surface area contributed by atoms with Gasteiger partial charge in [-0.15, -0.1) is 0 Å². The zero-order chi connectivity index (χ0) is 82.9. The first-order chi connectivity index (χ1) is 54.8. The second-order valence-electron chi connectivity index (χ2n) is 34.7. The molecule has 0 saturated heterocycles. The lowest BCUT2D eigenvalue weighted by Gasteiger charge is -2.21. The molecule has 0 aliphatic rings. The number of carbonyl (C=O) groups is 4. The summed E-state index contributed by atoms with van der Waals surface area (Å²) in [4.78, 5) is 73.5. The Morgan fingerprint density at radius 3 is 0.673 bits per heavy atom. The number of ether oxygens (including phenoxy) is 4. The van der Waals surface area contributed by atoms with Crippen LogP contribution in [0.25, 0.3) is 0 Å². The zero-order valence-corrected chi connectivity index (χ0v) is 76.7. The van der Waals surface area contributed by atoms with Gasteiger partial charge in [-0.2, -0.15) is 0 Å². The van der Waals surface area contributed by atoms with Crippen molar-refractivity contribution >= 4 is 39.5 Å². The van der Waals surface area contributed by atoms with Gasteiger partial charge in [0.2, 0.25) is 0 Å². The molecule has 17 nitrogen and oxygen atoms in total. The van der Waals surface area contributed by atoms with E-state index in [4.69, 9.17) is 37.0 Å². The Bertz CT molecular complexity index is 2170. The van der Waals surface area contributed by atoms with E-state index < -0.39 is 97.5 Å². The molecule has 7 atom stereocenters. The van der Waals surface area contributed by atoms with E-state index in [2.05, 4.69) is 48.5 Å². The number of phosphoric acid groups is 2. The van der Waals surface area contributed by atoms with Crippen LogP contribution < -0.4 is 0 Å². The first-order valence-electron chi connectivity index (χ1n) is 48.4. The van der Waals surface area contributed by atoms with E-state index in [-0.39, 0.29) is 25.7 Å². The zero-order valence-electron chi connectivity index (χ0n) is 74.9. The molecule has 0 bridgehead atoms. The number of aliphatic hydroxyl groups excluding tert-OH is 1. The summed E-state index contributed by atoms with van der Waals surface area (Å²) in [5.41, 5.74) is 0. The van der Waals surface area contributed by atoms with Crippen molar-refractivity contribution in [3.8, 4) is 0 Å². The lowest BCUT2D eigenvalue weighted by molar-refractivity contribution is -0.161. The fraction of sp³-hybridized carbons (Fsp3) is 0.957. The number of hydrogen-bond donors (Lipinski definition) is 3. The first kappa shape index (κ1) is 111. The molecule has 0 heterocycles. The van der Waals surface area contributed by atoms with Crippen LogP contribution in [-0.2, 0) is 65.4 Å². The predicted molar refractivity (Wildman–Crippen MR) is 469 cm³/mol. The van der Waals surface area contributed by atoms with Crippen molar-refractivity contribution in [2.45, 2.75) is 523 Å². The van der Waals surface area contributed by atoms with Gasteiger partial charge in [-0.05, 0) is 43.4 Å². The van der Waals surface area contributed by atoms with Crippen molar-refractivity contribution in [3.63, 3.8) is 0 Å². The van der Waals surface area contributed by atoms with E-state index in [9.17, 15) is 43.2 Å². The van der Waals surface area contributed by atoms with Crippen LogP contribution in [-0.4, -0.2) is 96.7 Å². The average molecular weight is 1650 g/mol. The Morgan fingerprint density at radius 2 is 0.451 bits per heavy atom. The maximum Gasteiger partial charge on any atom is 0.472 e. The molecule has 0 spiro atoms. The van der Waals surface area contributed by atoms with Crippen molar-refractivity contribution in [2.75, 3.05) is 39.6 Å². The first-order valence-corrected chi connectivity index (χ1v) is 51.4. The Labute approximate surface area is 696 Å². The minimum atomic E-state index is -4.97. The summed E-state index contributed by atoms with van der Waals surface area (Å²) in [6, 6.07) is 0. The Kier molecular flexibility index (Phi) is 82.3. The third-order valence-corrected chi connectivity index (χ3v) is 24.8. The molecule has 0 aromatic rings. The van der Waals surface area contributed by atoms with Crippen molar-refractivity contribution < 1.29 is 80.2 Å². The van der Waals surface area contributed by atoms with Crippen LogP contribution in [0.2, 0.25) is 0 Å². The predicted octanol–water partition coefficient (Wildman–Crippen LogP) is 29.2. The van der Waals surface area contributed by atoms with Crippen molar-refractivity contribution in [3.05, 3.63) is 0 Å². The highest BCUT2D eigenvalue weighted by molar-refractivity contribution is 7.47. The van der Waals surface area contributed by atoms with Gasteiger partial charge >= 0.3 is 39.5 Å². The summed E-state index contributed by atoms with van der Waals surface area (Å²) in [6.45, 7) is 12.1. The molecular formula is C94H184O17P2. The second-order valence-corrected chi connectivity index (χ2v) is 37.6. The van der Waals surface area contributed by atoms with Gasteiger partial charge in [0.25, 0.3) is 0 Å². The number of carbonyl (C=O) groups excluding carboxylic acids is 4. The van der Waals surface area contributed by atoms with Crippen LogP contribution in [0.3, 0.4) is 0 Å². The van der Waals surface area contributed by atoms with Crippen LogP contribution in [0, 0.1) is 17.8 Å². The van der Waals surface area contributed by atoms with Gasteiger partial charge in [0.15, 0.2) is 12.2 Å². The quantitative estimate of drug-likeness (QED) is 0.0222. The molecule has 672 valence electrons. The summed E-state index contributed by atoms with van der Waals surface area (Å²) in [6.07, 6.45) is 77.8. The second kappa shape index (κ2) is 83.7. The van der Waals surface area contributed by atoms with E-state index in [1.807, 2.05) is 0 Å². The van der Waals surface area contributed by atoms with E-state index in [1.54, 1.807) is 0 Å². The Balaban J connectivity index is 5.25. The topological polar surface area (TPSA) is 237 Å². The summed E-state index contributed by atoms with van der Waals surface area (Å²) < 4.78 is 69.2. The molecule has 0 saturated carbocycles. The minimum absolute atomic E-state index is 0.108. The highest BCUT2D eigenvalue weighted by Crippen LogP contribution is 2.45. The van der Waals surface area contributed by atoms with Crippen LogP contribution in [0.1, 0.15) is 504 Å². The SMILES string of the molecule is CCCCCCCCCCCCCCCCCCCCC(=O)O[C@H](COC(=O)CCCCCCCCCCC(C)CC)COP(=O)(O)OC[C@H](O)COP(=O)(O)OC[C@@H](COC(=O)CCCCCCCCCCCCCCCCCCCCC(C)C)OC(=O)CCCCCCCCCCCCCCCCCCCCC(C)CC. The number of unbranched alkanes of at least 4 members (excludes halogenated alkanes) is 58. The number of aliphatic hydroxyl groups is 1. The summed E-state index contributed by atoms with van der Waals surface area (Å²) >= 11 is 0. The summed E-state index contributed by atoms with van der Waals surface area (Å²) in [5.74, 6) is 0.377. The van der Waals surface area contributed by atoms with Gasteiger partial charge < -0.3 is 33.8 Å². The molecule has 0 aromatic heterocycles. The fourth-order valence-electron chi connectivity index (χ4n) is 14.7. The smallest absolute Gasteiger partial charge is 0.462 e. The van der Waals surface area contributed by atoms with Crippen LogP contribution in [0.4, 0.5) is 0 Å². The van der Waals surface area contributed by atoms with Gasteiger partial charge in [-0.1, -0.05) is 453 Å². The van der Waals surface area contributed by atoms with Crippen molar-refractivity contribution in [1.29, 1.82) is 0 Å². The number of hydrogen-bond acceptors (Lipinski definition) is 15. The molecular weight excluding hydrogens is 1460 g/mol. The van der Waals surface area contributed by atoms with Gasteiger partial charge in [0.05, 0.1) is 26.4 Å². The number of rotatable bonds is 92. The average Bonchev–Trinajstić information content (AvgIpc) is 0.897. The van der Waals surface area contributed by atoms with Crippen LogP contribution in [0.15, 0.2) is 0 Å². The van der Waals surface area contributed by atoms with Gasteiger partial charge in [-0.3, -0.25) is 37.3 Å². The summed E-state index contributed by atoms with van der Waals surface area (Å²) in [5, 5.41) is 10.7. The largest absolute Gasteiger partial charge is 0.472 e. The molecule has 0 amide bonds. The molecule has 0 aliphatic carbocycles. The molecule has 0 radical (unpaired) electrons. The number of phosphoric ester groups is 2. The molecule has 0 fully saturated rings. The molecule has 19 heteroatoms. The molecule has 4 unspecified atom stereocenters. The molecule has 0 aliphatic heterocycles. The van der Waals surface area contributed by atoms with E-state index >= 15 is 0 Å². The normalized spacial score (nSPS) is 14.2. The fourth-order valence-corrected chi connectivity index (χ4v) is 16.3. The van der Waals surface area contributed by atoms with Gasteiger partial charge in [0.1, 0.15) is 19.3 Å². The molecule has 0 aromatic carbocycles. The molecule has 113 heavy (non-hydrogen) atoms. The van der Waals surface area contributed by atoms with Gasteiger partial charge in [0, 0.05) is 25.7 Å². The van der Waals surface area contributed by atoms with Crippen molar-refractivity contribution in [2.24, 2.45) is 17.8 Å². The lowest BCUT2D eigenvalue weighted by Crippen LogP contribution is -2.30. The monoisotopic (exact) mass is 1650 g/mol. The minimum Gasteiger partial charge on any atom is -0.462 e. The van der Waals surface area contributed by atoms with Crippen molar-refractivity contribution in [1.82, 2.24) is 0 Å². The van der Waals surface area contributed by atoms with E-state index in [1.165, 1.54) is 315 Å². The Morgan fingerprint density at radius 1 is 0.257 bits per heavy atom. The number of esters is 4. The van der Waals surface area contributed by atoms with Gasteiger partial charge in [-0.25, -0.2) is 9.13 Å². The third kappa shape index (κ3) is 84.9. The highest BCUT2D eigenvalue weighted by atomic mass is 31.2. The highest BCUT2D eigenvalue weighted by Gasteiger charge is 2.31. The Hall–Kier alpha value is -1.94. The van der Waals surface area contributed by atoms with E-state index in [0.717, 1.165) is 108 Å². The van der Waals surface area contributed by atoms with Crippen LogP contribution >= 0.6 is 15.6 Å². The molecule has 3 N–H and O–H groups in total. The van der Waals surface area contributed by atoms with E-state index in [0.29, 0.717) is 25.7 Å².